The highest BCUT2D eigenvalue weighted by molar-refractivity contribution is 5.52. The Morgan fingerprint density at radius 1 is 1.00 bits per heavy atom. The normalized spacial score (nSPS) is 17.0. The zero-order valence-corrected chi connectivity index (χ0v) is 13.2. The maximum atomic E-state index is 9.93. The number of rotatable bonds is 5. The number of nitrogens with one attached hydrogen (secondary N) is 1. The van der Waals surface area contributed by atoms with Gasteiger partial charge in [0.25, 0.3) is 0 Å². The van der Waals surface area contributed by atoms with Gasteiger partial charge in [-0.25, -0.2) is 0 Å². The summed E-state index contributed by atoms with van der Waals surface area (Å²) in [7, 11) is 3.11. The Morgan fingerprint density at radius 2 is 1.52 bits per heavy atom. The first-order valence-corrected chi connectivity index (χ1v) is 7.92. The first kappa shape index (κ1) is 16.0. The lowest BCUT2D eigenvalue weighted by molar-refractivity contribution is 0.338. The van der Waals surface area contributed by atoms with Crippen LogP contribution in [0.15, 0.2) is 12.1 Å². The van der Waals surface area contributed by atoms with Crippen molar-refractivity contribution in [3.63, 3.8) is 0 Å². The SMILES string of the molecule is COc1cc(CNC2CCCCCCC2)cc(OC)c1O. The van der Waals surface area contributed by atoms with Crippen LogP contribution in [0.2, 0.25) is 0 Å². The van der Waals surface area contributed by atoms with Crippen LogP contribution in [-0.4, -0.2) is 25.4 Å². The van der Waals surface area contributed by atoms with Crippen LogP contribution in [0.1, 0.15) is 50.5 Å². The number of methoxy groups -OCH3 is 2. The largest absolute Gasteiger partial charge is 0.502 e. The summed E-state index contributed by atoms with van der Waals surface area (Å²) in [4.78, 5) is 0. The van der Waals surface area contributed by atoms with E-state index < -0.39 is 0 Å². The number of benzene rings is 1. The zero-order chi connectivity index (χ0) is 15.1. The quantitative estimate of drug-likeness (QED) is 0.870. The van der Waals surface area contributed by atoms with Gasteiger partial charge in [0.2, 0.25) is 5.75 Å². The van der Waals surface area contributed by atoms with Crippen molar-refractivity contribution in [3.05, 3.63) is 17.7 Å². The third-order valence-electron chi connectivity index (χ3n) is 4.24. The van der Waals surface area contributed by atoms with E-state index in [1.165, 1.54) is 44.9 Å². The summed E-state index contributed by atoms with van der Waals surface area (Å²) in [6, 6.07) is 4.33. The van der Waals surface area contributed by atoms with Gasteiger partial charge in [-0.05, 0) is 30.5 Å². The van der Waals surface area contributed by atoms with E-state index in [-0.39, 0.29) is 5.75 Å². The van der Waals surface area contributed by atoms with E-state index in [9.17, 15) is 5.11 Å². The molecule has 2 N–H and O–H groups in total. The second-order valence-electron chi connectivity index (χ2n) is 5.77. The van der Waals surface area contributed by atoms with Gasteiger partial charge in [-0.2, -0.15) is 0 Å². The summed E-state index contributed by atoms with van der Waals surface area (Å²) < 4.78 is 10.4. The summed E-state index contributed by atoms with van der Waals surface area (Å²) in [5, 5.41) is 13.6. The fourth-order valence-corrected chi connectivity index (χ4v) is 2.97. The molecule has 0 amide bonds. The molecule has 1 aromatic rings. The Bertz CT molecular complexity index is 415. The van der Waals surface area contributed by atoms with E-state index >= 15 is 0 Å². The second-order valence-corrected chi connectivity index (χ2v) is 5.77. The maximum absolute atomic E-state index is 9.93. The summed E-state index contributed by atoms with van der Waals surface area (Å²) in [6.07, 6.45) is 9.26. The smallest absolute Gasteiger partial charge is 0.200 e. The molecular weight excluding hydrogens is 266 g/mol. The van der Waals surface area contributed by atoms with E-state index in [0.29, 0.717) is 17.5 Å². The molecule has 0 heterocycles. The van der Waals surface area contributed by atoms with Crippen LogP contribution >= 0.6 is 0 Å². The van der Waals surface area contributed by atoms with Crippen LogP contribution in [0, 0.1) is 0 Å². The predicted molar refractivity (Wildman–Crippen MR) is 84.2 cm³/mol. The fraction of sp³-hybridized carbons (Fsp3) is 0.647. The van der Waals surface area contributed by atoms with Gasteiger partial charge in [-0.3, -0.25) is 0 Å². The summed E-state index contributed by atoms with van der Waals surface area (Å²) in [5.74, 6) is 0.988. The molecule has 4 nitrogen and oxygen atoms in total. The molecule has 0 aliphatic heterocycles. The lowest BCUT2D eigenvalue weighted by atomic mass is 9.96. The molecule has 0 saturated heterocycles. The van der Waals surface area contributed by atoms with Gasteiger partial charge < -0.3 is 19.9 Å². The molecule has 1 aliphatic carbocycles. The Labute approximate surface area is 127 Å². The van der Waals surface area contributed by atoms with Gasteiger partial charge in [-0.15, -0.1) is 0 Å². The molecule has 21 heavy (non-hydrogen) atoms. The molecule has 1 saturated carbocycles. The number of hydrogen-bond donors (Lipinski definition) is 2. The molecule has 2 rings (SSSR count). The van der Waals surface area contributed by atoms with Crippen LogP contribution in [0.3, 0.4) is 0 Å². The van der Waals surface area contributed by atoms with Crippen LogP contribution in [0.25, 0.3) is 0 Å². The van der Waals surface area contributed by atoms with Gasteiger partial charge in [0, 0.05) is 12.6 Å². The average molecular weight is 293 g/mol. The molecule has 0 bridgehead atoms. The molecule has 118 valence electrons. The van der Waals surface area contributed by atoms with Crippen molar-refractivity contribution < 1.29 is 14.6 Å². The van der Waals surface area contributed by atoms with E-state index in [4.69, 9.17) is 9.47 Å². The average Bonchev–Trinajstić information content (AvgIpc) is 2.47. The number of phenolic OH excluding ortho intramolecular Hbond substituents is 1. The third kappa shape index (κ3) is 4.53. The van der Waals surface area contributed by atoms with Gasteiger partial charge in [-0.1, -0.05) is 32.1 Å². The number of hydrogen-bond acceptors (Lipinski definition) is 4. The number of aromatic hydroxyl groups is 1. The molecule has 0 atom stereocenters. The van der Waals surface area contributed by atoms with Gasteiger partial charge in [0.15, 0.2) is 11.5 Å². The molecule has 0 aromatic heterocycles. The monoisotopic (exact) mass is 293 g/mol. The van der Waals surface area contributed by atoms with E-state index in [1.807, 2.05) is 12.1 Å². The molecule has 1 aliphatic rings. The lowest BCUT2D eigenvalue weighted by Crippen LogP contribution is -2.29. The lowest BCUT2D eigenvalue weighted by Gasteiger charge is -2.21. The third-order valence-corrected chi connectivity index (χ3v) is 4.24. The van der Waals surface area contributed by atoms with Crippen LogP contribution in [0.4, 0.5) is 0 Å². The Hall–Kier alpha value is -1.42. The summed E-state index contributed by atoms with van der Waals surface area (Å²) in [5.41, 5.74) is 1.07. The minimum absolute atomic E-state index is 0.0645. The van der Waals surface area contributed by atoms with Crippen LogP contribution in [-0.2, 0) is 6.54 Å². The van der Waals surface area contributed by atoms with Crippen molar-refractivity contribution in [1.29, 1.82) is 0 Å². The van der Waals surface area contributed by atoms with Gasteiger partial charge in [0.05, 0.1) is 14.2 Å². The van der Waals surface area contributed by atoms with Crippen molar-refractivity contribution >= 4 is 0 Å². The highest BCUT2D eigenvalue weighted by Gasteiger charge is 2.14. The van der Waals surface area contributed by atoms with Crippen molar-refractivity contribution in [3.8, 4) is 17.2 Å². The van der Waals surface area contributed by atoms with E-state index in [0.717, 1.165) is 12.1 Å². The van der Waals surface area contributed by atoms with Crippen LogP contribution in [0.5, 0.6) is 17.2 Å². The summed E-state index contributed by atoms with van der Waals surface area (Å²) in [6.45, 7) is 0.775. The summed E-state index contributed by atoms with van der Waals surface area (Å²) >= 11 is 0. The Balaban J connectivity index is 1.98. The van der Waals surface area contributed by atoms with Gasteiger partial charge >= 0.3 is 0 Å². The van der Waals surface area contributed by atoms with Crippen molar-refractivity contribution in [1.82, 2.24) is 5.32 Å². The van der Waals surface area contributed by atoms with Crippen molar-refractivity contribution in [2.45, 2.75) is 57.5 Å². The molecule has 1 aromatic carbocycles. The van der Waals surface area contributed by atoms with Crippen molar-refractivity contribution in [2.75, 3.05) is 14.2 Å². The molecule has 0 spiro atoms. The molecule has 0 radical (unpaired) electrons. The highest BCUT2D eigenvalue weighted by Crippen LogP contribution is 2.37. The minimum atomic E-state index is 0.0645. The van der Waals surface area contributed by atoms with Crippen LogP contribution < -0.4 is 14.8 Å². The maximum Gasteiger partial charge on any atom is 0.200 e. The van der Waals surface area contributed by atoms with E-state index in [1.54, 1.807) is 14.2 Å². The first-order chi connectivity index (χ1) is 10.2. The molecule has 4 heteroatoms. The topological polar surface area (TPSA) is 50.7 Å². The molecule has 1 fully saturated rings. The Morgan fingerprint density at radius 3 is 2.05 bits per heavy atom. The molecular formula is C17H27NO3. The first-order valence-electron chi connectivity index (χ1n) is 7.92. The number of phenols is 1. The van der Waals surface area contributed by atoms with Gasteiger partial charge in [0.1, 0.15) is 0 Å². The Kier molecular flexibility index (Phi) is 6.18. The minimum Gasteiger partial charge on any atom is -0.502 e. The fourth-order valence-electron chi connectivity index (χ4n) is 2.97. The number of ether oxygens (including phenoxy) is 2. The zero-order valence-electron chi connectivity index (χ0n) is 13.2. The second kappa shape index (κ2) is 8.13. The molecule has 0 unspecified atom stereocenters. The van der Waals surface area contributed by atoms with E-state index in [2.05, 4.69) is 5.32 Å². The predicted octanol–water partition coefficient (Wildman–Crippen LogP) is 3.61. The highest BCUT2D eigenvalue weighted by atomic mass is 16.5. The van der Waals surface area contributed by atoms with Crippen molar-refractivity contribution in [2.24, 2.45) is 0 Å². The standard InChI is InChI=1S/C17H27NO3/c1-20-15-10-13(11-16(21-2)17(15)19)12-18-14-8-6-4-3-5-7-9-14/h10-11,14,18-19H,3-9,12H2,1-2H3.